The van der Waals surface area contributed by atoms with Crippen molar-refractivity contribution < 1.29 is 9.21 Å². The number of ketones is 1. The van der Waals surface area contributed by atoms with Gasteiger partial charge in [-0.05, 0) is 36.4 Å². The largest absolute Gasteiger partial charge is 0.453 e. The Labute approximate surface area is 109 Å². The SMILES string of the molecule is O=C(c1ccc(Cl)cc1)c1cc2ccccc2o1. The number of carbonyl (C=O) groups is 1. The fraction of sp³-hybridized carbons (Fsp3) is 0. The van der Waals surface area contributed by atoms with Gasteiger partial charge in [-0.3, -0.25) is 4.79 Å². The minimum atomic E-state index is -0.136. The van der Waals surface area contributed by atoms with Gasteiger partial charge in [-0.15, -0.1) is 0 Å². The van der Waals surface area contributed by atoms with Gasteiger partial charge in [0.25, 0.3) is 0 Å². The van der Waals surface area contributed by atoms with Crippen LogP contribution in [0.25, 0.3) is 11.0 Å². The van der Waals surface area contributed by atoms with Crippen LogP contribution in [-0.4, -0.2) is 5.78 Å². The molecule has 3 heteroatoms. The molecule has 3 aromatic rings. The predicted molar refractivity (Wildman–Crippen MR) is 71.1 cm³/mol. The van der Waals surface area contributed by atoms with Gasteiger partial charge in [-0.1, -0.05) is 29.8 Å². The third kappa shape index (κ3) is 1.91. The second-order valence-electron chi connectivity index (χ2n) is 3.98. The molecule has 18 heavy (non-hydrogen) atoms. The molecule has 1 aromatic heterocycles. The Morgan fingerprint density at radius 3 is 2.44 bits per heavy atom. The lowest BCUT2D eigenvalue weighted by Gasteiger charge is -1.97. The maximum Gasteiger partial charge on any atom is 0.228 e. The van der Waals surface area contributed by atoms with E-state index in [-0.39, 0.29) is 5.78 Å². The van der Waals surface area contributed by atoms with Gasteiger partial charge in [0, 0.05) is 16.0 Å². The number of rotatable bonds is 2. The summed E-state index contributed by atoms with van der Waals surface area (Å²) in [6.07, 6.45) is 0. The average Bonchev–Trinajstić information content (AvgIpc) is 2.82. The molecule has 0 aliphatic heterocycles. The zero-order chi connectivity index (χ0) is 12.5. The number of hydrogen-bond donors (Lipinski definition) is 0. The van der Waals surface area contributed by atoms with Crippen molar-refractivity contribution in [3.8, 4) is 0 Å². The number of para-hydroxylation sites is 1. The van der Waals surface area contributed by atoms with Gasteiger partial charge in [-0.25, -0.2) is 0 Å². The quantitative estimate of drug-likeness (QED) is 0.639. The minimum absolute atomic E-state index is 0.136. The fourth-order valence-electron chi connectivity index (χ4n) is 1.84. The number of halogens is 1. The molecular formula is C15H9ClO2. The molecule has 0 bridgehead atoms. The van der Waals surface area contributed by atoms with E-state index in [1.807, 2.05) is 24.3 Å². The first kappa shape index (κ1) is 11.1. The van der Waals surface area contributed by atoms with Crippen molar-refractivity contribution in [3.05, 3.63) is 70.9 Å². The van der Waals surface area contributed by atoms with Crippen molar-refractivity contribution in [1.29, 1.82) is 0 Å². The zero-order valence-corrected chi connectivity index (χ0v) is 10.1. The van der Waals surface area contributed by atoms with E-state index < -0.39 is 0 Å². The van der Waals surface area contributed by atoms with Crippen molar-refractivity contribution >= 4 is 28.4 Å². The molecule has 0 N–H and O–H groups in total. The van der Waals surface area contributed by atoms with Crippen LogP contribution < -0.4 is 0 Å². The van der Waals surface area contributed by atoms with Crippen molar-refractivity contribution in [2.24, 2.45) is 0 Å². The maximum absolute atomic E-state index is 12.2. The Balaban J connectivity index is 2.03. The Morgan fingerprint density at radius 2 is 1.72 bits per heavy atom. The van der Waals surface area contributed by atoms with Gasteiger partial charge in [-0.2, -0.15) is 0 Å². The van der Waals surface area contributed by atoms with Crippen molar-refractivity contribution in [3.63, 3.8) is 0 Å². The van der Waals surface area contributed by atoms with Gasteiger partial charge < -0.3 is 4.42 Å². The van der Waals surface area contributed by atoms with E-state index in [0.717, 1.165) is 11.0 Å². The number of benzene rings is 2. The van der Waals surface area contributed by atoms with Gasteiger partial charge in [0.1, 0.15) is 5.58 Å². The van der Waals surface area contributed by atoms with Gasteiger partial charge in [0.15, 0.2) is 5.76 Å². The van der Waals surface area contributed by atoms with Gasteiger partial charge in [0.05, 0.1) is 0 Å². The molecule has 0 spiro atoms. The van der Waals surface area contributed by atoms with Crippen LogP contribution in [0.1, 0.15) is 16.1 Å². The molecule has 0 aliphatic carbocycles. The minimum Gasteiger partial charge on any atom is -0.453 e. The summed E-state index contributed by atoms with van der Waals surface area (Å²) in [5.74, 6) is 0.210. The maximum atomic E-state index is 12.2. The van der Waals surface area contributed by atoms with Gasteiger partial charge in [0.2, 0.25) is 5.78 Å². The second-order valence-corrected chi connectivity index (χ2v) is 4.42. The number of furan rings is 1. The summed E-state index contributed by atoms with van der Waals surface area (Å²) in [6, 6.07) is 16.1. The van der Waals surface area contributed by atoms with Crippen LogP contribution in [-0.2, 0) is 0 Å². The number of carbonyl (C=O) groups excluding carboxylic acids is 1. The first-order valence-electron chi connectivity index (χ1n) is 5.53. The molecular weight excluding hydrogens is 248 g/mol. The van der Waals surface area contributed by atoms with Crippen LogP contribution >= 0.6 is 11.6 Å². The molecule has 2 nitrogen and oxygen atoms in total. The lowest BCUT2D eigenvalue weighted by atomic mass is 10.1. The smallest absolute Gasteiger partial charge is 0.228 e. The average molecular weight is 257 g/mol. The molecule has 0 unspecified atom stereocenters. The molecule has 0 saturated heterocycles. The lowest BCUT2D eigenvalue weighted by molar-refractivity contribution is 0.101. The monoisotopic (exact) mass is 256 g/mol. The van der Waals surface area contributed by atoms with Crippen LogP contribution in [0, 0.1) is 0 Å². The molecule has 0 saturated carbocycles. The molecule has 1 heterocycles. The third-order valence-electron chi connectivity index (χ3n) is 2.76. The zero-order valence-electron chi connectivity index (χ0n) is 9.39. The Bertz CT molecular complexity index is 678. The number of fused-ring (bicyclic) bond motifs is 1. The van der Waals surface area contributed by atoms with E-state index in [1.165, 1.54) is 0 Å². The summed E-state index contributed by atoms with van der Waals surface area (Å²) >= 11 is 5.79. The molecule has 88 valence electrons. The molecule has 0 atom stereocenters. The molecule has 0 amide bonds. The highest BCUT2D eigenvalue weighted by Crippen LogP contribution is 2.21. The summed E-state index contributed by atoms with van der Waals surface area (Å²) in [4.78, 5) is 12.2. The lowest BCUT2D eigenvalue weighted by Crippen LogP contribution is -1.98. The number of hydrogen-bond acceptors (Lipinski definition) is 2. The standard InChI is InChI=1S/C15H9ClO2/c16-12-7-5-10(6-8-12)15(17)14-9-11-3-1-2-4-13(11)18-14/h1-9H. The van der Waals surface area contributed by atoms with Crippen LogP contribution in [0.15, 0.2) is 59.0 Å². The van der Waals surface area contributed by atoms with Crippen molar-refractivity contribution in [2.75, 3.05) is 0 Å². The highest BCUT2D eigenvalue weighted by Gasteiger charge is 2.14. The van der Waals surface area contributed by atoms with E-state index in [2.05, 4.69) is 0 Å². The fourth-order valence-corrected chi connectivity index (χ4v) is 1.96. The Morgan fingerprint density at radius 1 is 1.00 bits per heavy atom. The van der Waals surface area contributed by atoms with Crippen LogP contribution in [0.4, 0.5) is 0 Å². The Kier molecular flexibility index (Phi) is 2.65. The third-order valence-corrected chi connectivity index (χ3v) is 3.01. The van der Waals surface area contributed by atoms with E-state index in [4.69, 9.17) is 16.0 Å². The topological polar surface area (TPSA) is 30.2 Å². The van der Waals surface area contributed by atoms with Crippen LogP contribution in [0.2, 0.25) is 5.02 Å². The summed E-state index contributed by atoms with van der Waals surface area (Å²) in [7, 11) is 0. The first-order valence-corrected chi connectivity index (χ1v) is 5.91. The van der Waals surface area contributed by atoms with Crippen LogP contribution in [0.3, 0.4) is 0 Å². The van der Waals surface area contributed by atoms with E-state index >= 15 is 0 Å². The van der Waals surface area contributed by atoms with E-state index in [0.29, 0.717) is 16.3 Å². The Hall–Kier alpha value is -2.06. The van der Waals surface area contributed by atoms with E-state index in [9.17, 15) is 4.79 Å². The summed E-state index contributed by atoms with van der Waals surface area (Å²) in [6.45, 7) is 0. The molecule has 0 radical (unpaired) electrons. The summed E-state index contributed by atoms with van der Waals surface area (Å²) in [5.41, 5.74) is 1.29. The normalized spacial score (nSPS) is 10.7. The van der Waals surface area contributed by atoms with Gasteiger partial charge >= 0.3 is 0 Å². The van der Waals surface area contributed by atoms with Crippen LogP contribution in [0.5, 0.6) is 0 Å². The highest BCUT2D eigenvalue weighted by atomic mass is 35.5. The van der Waals surface area contributed by atoms with Crippen molar-refractivity contribution in [2.45, 2.75) is 0 Å². The predicted octanol–water partition coefficient (Wildman–Crippen LogP) is 4.32. The summed E-state index contributed by atoms with van der Waals surface area (Å²) in [5, 5.41) is 1.53. The molecule has 3 rings (SSSR count). The highest BCUT2D eigenvalue weighted by molar-refractivity contribution is 6.30. The molecule has 0 aliphatic rings. The summed E-state index contributed by atoms with van der Waals surface area (Å²) < 4.78 is 5.53. The second kappa shape index (κ2) is 4.31. The first-order chi connectivity index (χ1) is 8.74. The molecule has 2 aromatic carbocycles. The molecule has 0 fully saturated rings. The van der Waals surface area contributed by atoms with Crippen molar-refractivity contribution in [1.82, 2.24) is 0 Å². The van der Waals surface area contributed by atoms with E-state index in [1.54, 1.807) is 30.3 Å².